The van der Waals surface area contributed by atoms with Crippen molar-refractivity contribution in [2.75, 3.05) is 0 Å². The Morgan fingerprint density at radius 2 is 1.32 bits per heavy atom. The predicted octanol–water partition coefficient (Wildman–Crippen LogP) is 3.13. The minimum absolute atomic E-state index is 0.00624. The maximum atomic E-state index is 12.5. The van der Waals surface area contributed by atoms with E-state index in [4.69, 9.17) is 0 Å². The maximum absolute atomic E-state index is 12.5. The van der Waals surface area contributed by atoms with Gasteiger partial charge >= 0.3 is 0 Å². The van der Waals surface area contributed by atoms with Gasteiger partial charge in [0.1, 0.15) is 0 Å². The lowest BCUT2D eigenvalue weighted by Crippen LogP contribution is -2.43. The molecule has 132 valence electrons. The second-order valence-corrected chi connectivity index (χ2v) is 6.97. The van der Waals surface area contributed by atoms with Crippen molar-refractivity contribution in [1.82, 2.24) is 0 Å². The van der Waals surface area contributed by atoms with Gasteiger partial charge in [0.2, 0.25) is 15.4 Å². The average molecular weight is 372 g/mol. The van der Waals surface area contributed by atoms with Crippen molar-refractivity contribution in [1.29, 1.82) is 0 Å². The Labute approximate surface area is 141 Å². The van der Waals surface area contributed by atoms with Crippen LogP contribution in [0.3, 0.4) is 0 Å². The summed E-state index contributed by atoms with van der Waals surface area (Å²) in [6.45, 7) is 0. The summed E-state index contributed by atoms with van der Waals surface area (Å²) in [5.41, 5.74) is -3.74. The van der Waals surface area contributed by atoms with Crippen LogP contribution in [0, 0.1) is 11.8 Å². The van der Waals surface area contributed by atoms with Crippen molar-refractivity contribution in [3.8, 4) is 11.8 Å². The van der Waals surface area contributed by atoms with Crippen LogP contribution in [0.2, 0.25) is 0 Å². The molecule has 2 aromatic rings. The van der Waals surface area contributed by atoms with E-state index in [-0.39, 0.29) is 15.4 Å². The Bertz CT molecular complexity index is 875. The van der Waals surface area contributed by atoms with Crippen molar-refractivity contribution in [3.05, 3.63) is 60.2 Å². The van der Waals surface area contributed by atoms with Gasteiger partial charge < -0.3 is 5.11 Å². The summed E-state index contributed by atoms with van der Waals surface area (Å²) < 4.78 is 74.9. The minimum Gasteiger partial charge on any atom is -0.368 e. The minimum atomic E-state index is -3.76. The third-order valence-electron chi connectivity index (χ3n) is 3.29. The normalized spacial score (nSPS) is 12.1. The highest BCUT2D eigenvalue weighted by molar-refractivity contribution is 7.91. The first-order valence-corrected chi connectivity index (χ1v) is 8.38. The van der Waals surface area contributed by atoms with E-state index in [9.17, 15) is 31.1 Å². The number of hydrogen-bond donors (Lipinski definition) is 1. The molecule has 0 unspecified atom stereocenters. The van der Waals surface area contributed by atoms with Crippen LogP contribution < -0.4 is 0 Å². The number of halogens is 4. The standard InChI is InChI=1S/C17H12F4O3S/c18-15(19)17(22,16(20)21)11-10-12-6-8-14(9-7-12)25(23,24)13-4-2-1-3-5-13/h1-9,15-16,22H. The highest BCUT2D eigenvalue weighted by Gasteiger charge is 2.45. The zero-order chi connectivity index (χ0) is 18.7. The van der Waals surface area contributed by atoms with Gasteiger partial charge in [-0.25, -0.2) is 26.0 Å². The monoisotopic (exact) mass is 372 g/mol. The number of benzene rings is 2. The predicted molar refractivity (Wildman–Crippen MR) is 82.2 cm³/mol. The Hall–Kier alpha value is -2.37. The van der Waals surface area contributed by atoms with Crippen molar-refractivity contribution in [2.45, 2.75) is 28.2 Å². The van der Waals surface area contributed by atoms with E-state index in [1.54, 1.807) is 18.2 Å². The first-order valence-electron chi connectivity index (χ1n) is 6.90. The van der Waals surface area contributed by atoms with Crippen LogP contribution in [-0.2, 0) is 9.84 Å². The molecular weight excluding hydrogens is 360 g/mol. The number of alkyl halides is 4. The van der Waals surface area contributed by atoms with Crippen molar-refractivity contribution >= 4 is 9.84 Å². The molecule has 0 amide bonds. The van der Waals surface area contributed by atoms with Gasteiger partial charge in [-0.05, 0) is 36.4 Å². The van der Waals surface area contributed by atoms with Gasteiger partial charge in [0.05, 0.1) is 9.79 Å². The van der Waals surface area contributed by atoms with Crippen LogP contribution >= 0.6 is 0 Å². The topological polar surface area (TPSA) is 54.4 Å². The quantitative estimate of drug-likeness (QED) is 0.663. The van der Waals surface area contributed by atoms with E-state index in [2.05, 4.69) is 0 Å². The summed E-state index contributed by atoms with van der Waals surface area (Å²) in [7, 11) is -3.76. The van der Waals surface area contributed by atoms with Gasteiger partial charge in [-0.1, -0.05) is 30.0 Å². The second kappa shape index (κ2) is 7.25. The molecule has 0 atom stereocenters. The van der Waals surface area contributed by atoms with E-state index in [1.165, 1.54) is 42.3 Å². The molecule has 0 saturated heterocycles. The van der Waals surface area contributed by atoms with Crippen LogP contribution in [-0.4, -0.2) is 32.0 Å². The van der Waals surface area contributed by atoms with E-state index in [0.717, 1.165) is 0 Å². The van der Waals surface area contributed by atoms with Gasteiger partial charge in [0, 0.05) is 5.56 Å². The first-order chi connectivity index (χ1) is 11.7. The second-order valence-electron chi connectivity index (χ2n) is 5.02. The molecule has 0 heterocycles. The molecule has 0 aliphatic rings. The number of aliphatic hydroxyl groups is 1. The Kier molecular flexibility index (Phi) is 5.50. The molecule has 0 aliphatic carbocycles. The number of rotatable bonds is 4. The summed E-state index contributed by atoms with van der Waals surface area (Å²) in [6.07, 6.45) is -7.50. The number of sulfone groups is 1. The average Bonchev–Trinajstić information content (AvgIpc) is 2.60. The summed E-state index contributed by atoms with van der Waals surface area (Å²) in [5.74, 6) is 3.47. The van der Waals surface area contributed by atoms with Crippen LogP contribution in [0.25, 0.3) is 0 Å². The van der Waals surface area contributed by atoms with Crippen molar-refractivity contribution < 1.29 is 31.1 Å². The molecule has 0 spiro atoms. The van der Waals surface area contributed by atoms with Gasteiger partial charge in [-0.2, -0.15) is 0 Å². The molecule has 0 aromatic heterocycles. The van der Waals surface area contributed by atoms with Crippen LogP contribution in [0.5, 0.6) is 0 Å². The first kappa shape index (κ1) is 19.0. The van der Waals surface area contributed by atoms with E-state index < -0.39 is 28.3 Å². The Morgan fingerprint density at radius 3 is 1.80 bits per heavy atom. The maximum Gasteiger partial charge on any atom is 0.283 e. The fourth-order valence-electron chi connectivity index (χ4n) is 1.83. The smallest absolute Gasteiger partial charge is 0.283 e. The van der Waals surface area contributed by atoms with Crippen molar-refractivity contribution in [3.63, 3.8) is 0 Å². The van der Waals surface area contributed by atoms with Gasteiger partial charge in [0.15, 0.2) is 0 Å². The molecular formula is C17H12F4O3S. The fraction of sp³-hybridized carbons (Fsp3) is 0.176. The molecule has 2 rings (SSSR count). The molecule has 0 saturated carbocycles. The van der Waals surface area contributed by atoms with E-state index >= 15 is 0 Å². The van der Waals surface area contributed by atoms with Crippen molar-refractivity contribution in [2.24, 2.45) is 0 Å². The summed E-state index contributed by atoms with van der Waals surface area (Å²) in [4.78, 5) is 0.000779. The summed E-state index contributed by atoms with van der Waals surface area (Å²) in [6, 6.07) is 12.3. The van der Waals surface area contributed by atoms with E-state index in [0.29, 0.717) is 0 Å². The highest BCUT2D eigenvalue weighted by Crippen LogP contribution is 2.24. The van der Waals surface area contributed by atoms with Gasteiger partial charge in [-0.3, -0.25) is 0 Å². The summed E-state index contributed by atoms with van der Waals surface area (Å²) >= 11 is 0. The zero-order valence-corrected chi connectivity index (χ0v) is 13.4. The highest BCUT2D eigenvalue weighted by atomic mass is 32.2. The Balaban J connectivity index is 2.32. The largest absolute Gasteiger partial charge is 0.368 e. The zero-order valence-electron chi connectivity index (χ0n) is 12.5. The lowest BCUT2D eigenvalue weighted by Gasteiger charge is -2.19. The van der Waals surface area contributed by atoms with Crippen LogP contribution in [0.4, 0.5) is 17.6 Å². The molecule has 0 fully saturated rings. The molecule has 3 nitrogen and oxygen atoms in total. The van der Waals surface area contributed by atoms with Gasteiger partial charge in [-0.15, -0.1) is 0 Å². The van der Waals surface area contributed by atoms with Crippen LogP contribution in [0.15, 0.2) is 64.4 Å². The molecule has 25 heavy (non-hydrogen) atoms. The van der Waals surface area contributed by atoms with Gasteiger partial charge in [0.25, 0.3) is 12.9 Å². The molecule has 0 bridgehead atoms. The molecule has 1 N–H and O–H groups in total. The van der Waals surface area contributed by atoms with E-state index in [1.807, 2.05) is 5.92 Å². The van der Waals surface area contributed by atoms with Crippen LogP contribution in [0.1, 0.15) is 5.56 Å². The summed E-state index contributed by atoms with van der Waals surface area (Å²) in [5, 5.41) is 9.19. The third-order valence-corrected chi connectivity index (χ3v) is 5.08. The fourth-order valence-corrected chi connectivity index (χ4v) is 3.11. The Morgan fingerprint density at radius 1 is 0.840 bits per heavy atom. The third kappa shape index (κ3) is 4.00. The molecule has 2 aromatic carbocycles. The lowest BCUT2D eigenvalue weighted by molar-refractivity contribution is -0.138. The molecule has 8 heteroatoms. The molecule has 0 radical (unpaired) electrons. The lowest BCUT2D eigenvalue weighted by atomic mass is 10.1. The molecule has 0 aliphatic heterocycles. The number of hydrogen-bond acceptors (Lipinski definition) is 3. The SMILES string of the molecule is O=S(=O)(c1ccccc1)c1ccc(C#CC(O)(C(F)F)C(F)F)cc1.